The molecule has 1 amide bonds. The van der Waals surface area contributed by atoms with Crippen LogP contribution in [0.5, 0.6) is 0 Å². The van der Waals surface area contributed by atoms with E-state index in [-0.39, 0.29) is 11.9 Å². The van der Waals surface area contributed by atoms with Gasteiger partial charge in [0.1, 0.15) is 17.4 Å². The molecule has 114 valence electrons. The standard InChI is InChI=1S/C17H23NO3/c1-11(2)10-20-13(4)17(19)18-12(3)16-9-14-7-5-6-8-15(14)21-16/h5-9,11-13H,10H2,1-4H3,(H,18,19)/t12-,13+/m1/s1. The number of fused-ring (bicyclic) bond motifs is 1. The van der Waals surface area contributed by atoms with Crippen LogP contribution in [-0.2, 0) is 9.53 Å². The molecule has 21 heavy (non-hydrogen) atoms. The number of hydrogen-bond acceptors (Lipinski definition) is 3. The van der Waals surface area contributed by atoms with Crippen LogP contribution >= 0.6 is 0 Å². The number of nitrogens with one attached hydrogen (secondary N) is 1. The van der Waals surface area contributed by atoms with Crippen LogP contribution in [0.25, 0.3) is 11.0 Å². The molecule has 0 unspecified atom stereocenters. The average molecular weight is 289 g/mol. The van der Waals surface area contributed by atoms with Crippen LogP contribution in [0.1, 0.15) is 39.5 Å². The van der Waals surface area contributed by atoms with Crippen LogP contribution in [0, 0.1) is 5.92 Å². The number of para-hydroxylation sites is 1. The van der Waals surface area contributed by atoms with Gasteiger partial charge in [-0.1, -0.05) is 32.0 Å². The van der Waals surface area contributed by atoms with Crippen molar-refractivity contribution in [2.45, 2.75) is 39.8 Å². The Bertz CT molecular complexity index is 570. The van der Waals surface area contributed by atoms with Gasteiger partial charge in [-0.05, 0) is 31.9 Å². The maximum absolute atomic E-state index is 12.1. The second-order valence-electron chi connectivity index (χ2n) is 5.79. The molecule has 4 nitrogen and oxygen atoms in total. The number of carbonyl (C=O) groups is 1. The molecule has 1 N–H and O–H groups in total. The molecule has 0 radical (unpaired) electrons. The van der Waals surface area contributed by atoms with E-state index in [0.717, 1.165) is 16.7 Å². The summed E-state index contributed by atoms with van der Waals surface area (Å²) in [4.78, 5) is 12.1. The van der Waals surface area contributed by atoms with Crippen LogP contribution in [0.4, 0.5) is 0 Å². The Morgan fingerprint density at radius 1 is 1.24 bits per heavy atom. The van der Waals surface area contributed by atoms with Crippen molar-refractivity contribution in [1.82, 2.24) is 5.32 Å². The highest BCUT2D eigenvalue weighted by atomic mass is 16.5. The van der Waals surface area contributed by atoms with Crippen LogP contribution in [0.3, 0.4) is 0 Å². The Labute approximate surface area is 125 Å². The molecule has 0 bridgehead atoms. The smallest absolute Gasteiger partial charge is 0.249 e. The average Bonchev–Trinajstić information content (AvgIpc) is 2.88. The number of hydrogen-bond donors (Lipinski definition) is 1. The van der Waals surface area contributed by atoms with Crippen molar-refractivity contribution in [1.29, 1.82) is 0 Å². The molecule has 2 aromatic rings. The van der Waals surface area contributed by atoms with Gasteiger partial charge in [0.15, 0.2) is 0 Å². The van der Waals surface area contributed by atoms with Gasteiger partial charge >= 0.3 is 0 Å². The van der Waals surface area contributed by atoms with Gasteiger partial charge in [0, 0.05) is 12.0 Å². The van der Waals surface area contributed by atoms with Crippen molar-refractivity contribution in [3.63, 3.8) is 0 Å². The van der Waals surface area contributed by atoms with Crippen molar-refractivity contribution in [3.05, 3.63) is 36.1 Å². The van der Waals surface area contributed by atoms with Crippen LogP contribution < -0.4 is 5.32 Å². The number of amides is 1. The Morgan fingerprint density at radius 3 is 2.62 bits per heavy atom. The first-order valence-electron chi connectivity index (χ1n) is 7.38. The highest BCUT2D eigenvalue weighted by Crippen LogP contribution is 2.23. The van der Waals surface area contributed by atoms with E-state index in [1.54, 1.807) is 6.92 Å². The summed E-state index contributed by atoms with van der Waals surface area (Å²) in [5.74, 6) is 1.04. The molecule has 1 aromatic carbocycles. The zero-order valence-electron chi connectivity index (χ0n) is 13.1. The molecule has 4 heteroatoms. The SMILES string of the molecule is CC(C)CO[C@@H](C)C(=O)N[C@H](C)c1cc2ccccc2o1. The summed E-state index contributed by atoms with van der Waals surface area (Å²) in [5, 5.41) is 3.96. The molecule has 0 spiro atoms. The Hall–Kier alpha value is -1.81. The van der Waals surface area contributed by atoms with Crippen LogP contribution in [0.2, 0.25) is 0 Å². The van der Waals surface area contributed by atoms with Gasteiger partial charge in [0.05, 0.1) is 6.04 Å². The van der Waals surface area contributed by atoms with Gasteiger partial charge in [-0.25, -0.2) is 0 Å². The van der Waals surface area contributed by atoms with E-state index in [1.807, 2.05) is 37.3 Å². The second-order valence-corrected chi connectivity index (χ2v) is 5.79. The number of rotatable bonds is 6. The topological polar surface area (TPSA) is 51.5 Å². The minimum absolute atomic E-state index is 0.122. The maximum atomic E-state index is 12.1. The van der Waals surface area contributed by atoms with Crippen molar-refractivity contribution < 1.29 is 13.9 Å². The molecule has 2 atom stereocenters. The lowest BCUT2D eigenvalue weighted by atomic mass is 10.2. The zero-order valence-corrected chi connectivity index (χ0v) is 13.1. The zero-order chi connectivity index (χ0) is 15.4. The Balaban J connectivity index is 1.96. The molecular formula is C17H23NO3. The monoisotopic (exact) mass is 289 g/mol. The third-order valence-corrected chi connectivity index (χ3v) is 3.28. The number of ether oxygens (including phenoxy) is 1. The molecule has 0 saturated heterocycles. The fourth-order valence-electron chi connectivity index (χ4n) is 2.03. The second kappa shape index (κ2) is 6.76. The van der Waals surface area contributed by atoms with Gasteiger partial charge in [0.25, 0.3) is 0 Å². The fourth-order valence-corrected chi connectivity index (χ4v) is 2.03. The van der Waals surface area contributed by atoms with Gasteiger partial charge in [-0.15, -0.1) is 0 Å². The molecule has 0 saturated carbocycles. The number of carbonyl (C=O) groups excluding carboxylic acids is 1. The van der Waals surface area contributed by atoms with E-state index in [0.29, 0.717) is 12.5 Å². The molecule has 1 heterocycles. The van der Waals surface area contributed by atoms with Gasteiger partial charge in [0.2, 0.25) is 5.91 Å². The van der Waals surface area contributed by atoms with E-state index in [2.05, 4.69) is 19.2 Å². The summed E-state index contributed by atoms with van der Waals surface area (Å²) in [6, 6.07) is 9.58. The summed E-state index contributed by atoms with van der Waals surface area (Å²) in [7, 11) is 0. The molecule has 2 rings (SSSR count). The lowest BCUT2D eigenvalue weighted by Crippen LogP contribution is -2.36. The van der Waals surface area contributed by atoms with Crippen LogP contribution in [-0.4, -0.2) is 18.6 Å². The maximum Gasteiger partial charge on any atom is 0.249 e. The first kappa shape index (κ1) is 15.6. The Kier molecular flexibility index (Phi) is 5.02. The summed E-state index contributed by atoms with van der Waals surface area (Å²) >= 11 is 0. The van der Waals surface area contributed by atoms with E-state index in [1.165, 1.54) is 0 Å². The van der Waals surface area contributed by atoms with Crippen molar-refractivity contribution in [2.75, 3.05) is 6.61 Å². The van der Waals surface area contributed by atoms with E-state index in [4.69, 9.17) is 9.15 Å². The third kappa shape index (κ3) is 4.08. The van der Waals surface area contributed by atoms with Crippen molar-refractivity contribution in [3.8, 4) is 0 Å². The molecule has 0 aliphatic heterocycles. The van der Waals surface area contributed by atoms with Gasteiger partial charge in [-0.2, -0.15) is 0 Å². The predicted molar refractivity (Wildman–Crippen MR) is 83.0 cm³/mol. The van der Waals surface area contributed by atoms with E-state index in [9.17, 15) is 4.79 Å². The largest absolute Gasteiger partial charge is 0.459 e. The van der Waals surface area contributed by atoms with E-state index >= 15 is 0 Å². The third-order valence-electron chi connectivity index (χ3n) is 3.28. The molecule has 0 fully saturated rings. The summed E-state index contributed by atoms with van der Waals surface area (Å²) in [6.07, 6.45) is -0.459. The first-order chi connectivity index (χ1) is 9.97. The molecule has 0 aliphatic rings. The quantitative estimate of drug-likeness (QED) is 0.882. The molecular weight excluding hydrogens is 266 g/mol. The highest BCUT2D eigenvalue weighted by Gasteiger charge is 2.19. The van der Waals surface area contributed by atoms with Crippen LogP contribution in [0.15, 0.2) is 34.7 Å². The normalized spacial score (nSPS) is 14.3. The van der Waals surface area contributed by atoms with Crippen molar-refractivity contribution >= 4 is 16.9 Å². The van der Waals surface area contributed by atoms with Gasteiger partial charge in [-0.3, -0.25) is 4.79 Å². The minimum Gasteiger partial charge on any atom is -0.459 e. The summed E-state index contributed by atoms with van der Waals surface area (Å²) in [6.45, 7) is 8.37. The molecule has 1 aromatic heterocycles. The number of benzene rings is 1. The molecule has 0 aliphatic carbocycles. The van der Waals surface area contributed by atoms with E-state index < -0.39 is 6.10 Å². The fraction of sp³-hybridized carbons (Fsp3) is 0.471. The van der Waals surface area contributed by atoms with Gasteiger partial charge < -0.3 is 14.5 Å². The minimum atomic E-state index is -0.459. The highest BCUT2D eigenvalue weighted by molar-refractivity contribution is 5.81. The lowest BCUT2D eigenvalue weighted by molar-refractivity contribution is -0.133. The summed E-state index contributed by atoms with van der Waals surface area (Å²) < 4.78 is 11.3. The Morgan fingerprint density at radius 2 is 1.95 bits per heavy atom. The van der Waals surface area contributed by atoms with Crippen molar-refractivity contribution in [2.24, 2.45) is 5.92 Å². The predicted octanol–water partition coefficient (Wildman–Crippen LogP) is 3.67. The lowest BCUT2D eigenvalue weighted by Gasteiger charge is -2.17. The number of furan rings is 1. The summed E-state index contributed by atoms with van der Waals surface area (Å²) in [5.41, 5.74) is 0.831. The first-order valence-corrected chi connectivity index (χ1v) is 7.38.